The van der Waals surface area contributed by atoms with Crippen LogP contribution in [0.3, 0.4) is 0 Å². The Morgan fingerprint density at radius 1 is 1.07 bits per heavy atom. The molecule has 2 N–H and O–H groups in total. The predicted octanol–water partition coefficient (Wildman–Crippen LogP) is 2.35. The highest BCUT2D eigenvalue weighted by molar-refractivity contribution is 5.70. The fraction of sp³-hybridized carbons (Fsp3) is 0.158. The van der Waals surface area contributed by atoms with Crippen molar-refractivity contribution in [3.63, 3.8) is 0 Å². The maximum absolute atomic E-state index is 12.5. The number of aromatic nitrogens is 5. The van der Waals surface area contributed by atoms with Crippen molar-refractivity contribution in [3.05, 3.63) is 86.6 Å². The summed E-state index contributed by atoms with van der Waals surface area (Å²) in [7, 11) is 0. The van der Waals surface area contributed by atoms with Crippen molar-refractivity contribution in [3.8, 4) is 5.75 Å². The van der Waals surface area contributed by atoms with E-state index in [-0.39, 0.29) is 29.9 Å². The summed E-state index contributed by atoms with van der Waals surface area (Å²) in [5.74, 6) is 0.00537. The molecule has 8 nitrogen and oxygen atoms in total. The molecule has 0 radical (unpaired) electrons. The van der Waals surface area contributed by atoms with Crippen LogP contribution in [0, 0.1) is 0 Å². The van der Waals surface area contributed by atoms with Gasteiger partial charge in [-0.3, -0.25) is 19.7 Å². The van der Waals surface area contributed by atoms with Gasteiger partial charge < -0.3 is 9.30 Å². The van der Waals surface area contributed by atoms with E-state index in [1.54, 1.807) is 35.0 Å². The first kappa shape index (κ1) is 19.4. The number of alkyl halides is 3. The highest BCUT2D eigenvalue weighted by atomic mass is 19.4. The molecule has 30 heavy (non-hydrogen) atoms. The zero-order chi connectivity index (χ0) is 21.3. The number of hydrogen-bond donors (Lipinski definition) is 2. The number of hydrogen-bond acceptors (Lipinski definition) is 5. The number of nitrogens with one attached hydrogen (secondary N) is 2. The van der Waals surface area contributed by atoms with E-state index >= 15 is 0 Å². The van der Waals surface area contributed by atoms with E-state index in [2.05, 4.69) is 24.7 Å². The van der Waals surface area contributed by atoms with Gasteiger partial charge in [0.25, 0.3) is 5.56 Å². The van der Waals surface area contributed by atoms with Crippen LogP contribution >= 0.6 is 0 Å². The van der Waals surface area contributed by atoms with E-state index in [9.17, 15) is 22.8 Å². The van der Waals surface area contributed by atoms with E-state index in [1.165, 1.54) is 18.2 Å². The second-order valence-corrected chi connectivity index (χ2v) is 6.41. The molecule has 0 spiro atoms. The van der Waals surface area contributed by atoms with Crippen LogP contribution < -0.4 is 16.0 Å². The van der Waals surface area contributed by atoms with Gasteiger partial charge in [-0.25, -0.2) is 9.78 Å². The van der Waals surface area contributed by atoms with Crippen LogP contribution in [0.2, 0.25) is 0 Å². The Morgan fingerprint density at radius 3 is 2.63 bits per heavy atom. The molecule has 3 heterocycles. The number of halogens is 3. The lowest BCUT2D eigenvalue weighted by atomic mass is 10.1. The number of pyridine rings is 1. The van der Waals surface area contributed by atoms with Gasteiger partial charge in [0.1, 0.15) is 11.6 Å². The average molecular weight is 417 g/mol. The minimum Gasteiger partial charge on any atom is -0.406 e. The van der Waals surface area contributed by atoms with Crippen molar-refractivity contribution < 1.29 is 17.9 Å². The van der Waals surface area contributed by atoms with E-state index in [1.807, 2.05) is 0 Å². The summed E-state index contributed by atoms with van der Waals surface area (Å²) in [6, 6.07) is 10.8. The molecule has 3 aromatic heterocycles. The summed E-state index contributed by atoms with van der Waals surface area (Å²) in [5, 5.41) is 0. The molecule has 11 heteroatoms. The second-order valence-electron chi connectivity index (χ2n) is 6.41. The molecule has 154 valence electrons. The predicted molar refractivity (Wildman–Crippen MR) is 100 cm³/mol. The van der Waals surface area contributed by atoms with Crippen molar-refractivity contribution in [2.24, 2.45) is 0 Å². The van der Waals surface area contributed by atoms with Crippen LogP contribution in [0.4, 0.5) is 13.2 Å². The highest BCUT2D eigenvalue weighted by Crippen LogP contribution is 2.24. The van der Waals surface area contributed by atoms with Gasteiger partial charge in [-0.2, -0.15) is 0 Å². The molecular formula is C19H14F3N5O3. The number of nitrogens with zero attached hydrogens (tertiary/aromatic N) is 3. The Balaban J connectivity index is 1.78. The molecule has 0 saturated carbocycles. The second kappa shape index (κ2) is 7.50. The molecule has 0 aliphatic carbocycles. The normalized spacial score (nSPS) is 11.7. The lowest BCUT2D eigenvalue weighted by Crippen LogP contribution is -2.23. The number of ether oxygens (including phenoxy) is 1. The van der Waals surface area contributed by atoms with E-state index in [0.717, 1.165) is 0 Å². The maximum atomic E-state index is 12.5. The molecule has 0 bridgehead atoms. The van der Waals surface area contributed by atoms with Crippen molar-refractivity contribution in [1.29, 1.82) is 0 Å². The van der Waals surface area contributed by atoms with Crippen molar-refractivity contribution in [2.45, 2.75) is 19.3 Å². The van der Waals surface area contributed by atoms with Gasteiger partial charge in [0, 0.05) is 12.6 Å². The summed E-state index contributed by atoms with van der Waals surface area (Å²) in [4.78, 5) is 37.2. The Labute approximate surface area is 166 Å². The van der Waals surface area contributed by atoms with Crippen LogP contribution in [0.25, 0.3) is 11.2 Å². The molecule has 0 aliphatic rings. The fourth-order valence-electron chi connectivity index (χ4n) is 3.11. The van der Waals surface area contributed by atoms with E-state index < -0.39 is 17.6 Å². The third-order valence-corrected chi connectivity index (χ3v) is 4.26. The smallest absolute Gasteiger partial charge is 0.406 e. The van der Waals surface area contributed by atoms with Crippen LogP contribution in [-0.4, -0.2) is 30.9 Å². The minimum atomic E-state index is -4.81. The molecule has 0 atom stereocenters. The Bertz CT molecular complexity index is 1310. The third-order valence-electron chi connectivity index (χ3n) is 4.26. The Morgan fingerprint density at radius 2 is 1.90 bits per heavy atom. The lowest BCUT2D eigenvalue weighted by Gasteiger charge is -2.11. The number of rotatable bonds is 5. The van der Waals surface area contributed by atoms with Crippen molar-refractivity contribution >= 4 is 11.2 Å². The fourth-order valence-corrected chi connectivity index (χ4v) is 3.11. The van der Waals surface area contributed by atoms with Crippen LogP contribution in [-0.2, 0) is 13.0 Å². The number of fused-ring (bicyclic) bond motifs is 1. The topological polar surface area (TPSA) is 106 Å². The first-order chi connectivity index (χ1) is 14.3. The number of imidazole rings is 1. The first-order valence-corrected chi connectivity index (χ1v) is 8.75. The van der Waals surface area contributed by atoms with Gasteiger partial charge in [-0.05, 0) is 29.8 Å². The van der Waals surface area contributed by atoms with Gasteiger partial charge in [0.2, 0.25) is 0 Å². The first-order valence-electron chi connectivity index (χ1n) is 8.75. The molecule has 0 aliphatic heterocycles. The number of aromatic amines is 2. The summed E-state index contributed by atoms with van der Waals surface area (Å²) >= 11 is 0. The number of benzene rings is 1. The van der Waals surface area contributed by atoms with E-state index in [4.69, 9.17) is 0 Å². The number of H-pyrrole nitrogens is 2. The average Bonchev–Trinajstić information content (AvgIpc) is 2.98. The third kappa shape index (κ3) is 4.24. The van der Waals surface area contributed by atoms with Gasteiger partial charge in [-0.15, -0.1) is 13.2 Å². The van der Waals surface area contributed by atoms with Gasteiger partial charge in [0.15, 0.2) is 11.2 Å². The monoisotopic (exact) mass is 417 g/mol. The standard InChI is InChI=1S/C19H14F3N5O3/c20-19(21,22)30-13-6-3-4-11(8-13)9-14-24-16-15(17(28)26-18(29)25-16)27(14)10-12-5-1-2-7-23-12/h1-8H,9-10H2,(H2,25,26,28,29). The SMILES string of the molecule is O=c1[nH]c(=O)c2c(nc(Cc3cccc(OC(F)(F)F)c3)n2Cc2ccccn2)[nH]1. The maximum Gasteiger partial charge on any atom is 0.573 e. The largest absolute Gasteiger partial charge is 0.573 e. The van der Waals surface area contributed by atoms with Crippen molar-refractivity contribution in [1.82, 2.24) is 24.5 Å². The molecule has 4 rings (SSSR count). The van der Waals surface area contributed by atoms with Gasteiger partial charge in [0.05, 0.1) is 12.2 Å². The quantitative estimate of drug-likeness (QED) is 0.519. The zero-order valence-electron chi connectivity index (χ0n) is 15.2. The molecule has 0 fully saturated rings. The summed E-state index contributed by atoms with van der Waals surface area (Å²) in [6.45, 7) is 0.181. The highest BCUT2D eigenvalue weighted by Gasteiger charge is 2.31. The Kier molecular flexibility index (Phi) is 4.86. The van der Waals surface area contributed by atoms with Gasteiger partial charge in [-0.1, -0.05) is 18.2 Å². The Hall–Kier alpha value is -3.89. The van der Waals surface area contributed by atoms with Crippen LogP contribution in [0.5, 0.6) is 5.75 Å². The minimum absolute atomic E-state index is 0.0809. The molecule has 0 unspecified atom stereocenters. The van der Waals surface area contributed by atoms with Crippen molar-refractivity contribution in [2.75, 3.05) is 0 Å². The summed E-state index contributed by atoms with van der Waals surface area (Å²) in [6.07, 6.45) is -3.12. The molecule has 0 saturated heterocycles. The lowest BCUT2D eigenvalue weighted by molar-refractivity contribution is -0.274. The molecule has 0 amide bonds. The zero-order valence-corrected chi connectivity index (χ0v) is 15.2. The van der Waals surface area contributed by atoms with E-state index in [0.29, 0.717) is 17.1 Å². The summed E-state index contributed by atoms with van der Waals surface area (Å²) in [5.41, 5.74) is 0.000863. The molecular weight excluding hydrogens is 403 g/mol. The van der Waals surface area contributed by atoms with Crippen LogP contribution in [0.15, 0.2) is 58.3 Å². The molecule has 1 aromatic carbocycles. The molecule has 4 aromatic rings. The van der Waals surface area contributed by atoms with Gasteiger partial charge >= 0.3 is 12.1 Å². The summed E-state index contributed by atoms with van der Waals surface area (Å²) < 4.78 is 43.1. The van der Waals surface area contributed by atoms with Crippen LogP contribution in [0.1, 0.15) is 17.1 Å².